The van der Waals surface area contributed by atoms with Crippen LogP contribution in [0.5, 0.6) is 11.5 Å². The number of para-hydroxylation sites is 2. The summed E-state index contributed by atoms with van der Waals surface area (Å²) in [5.74, 6) is 2.82. The van der Waals surface area contributed by atoms with E-state index in [2.05, 4.69) is 28.9 Å². The second kappa shape index (κ2) is 6.62. The van der Waals surface area contributed by atoms with Crippen molar-refractivity contribution in [1.82, 2.24) is 9.55 Å². The van der Waals surface area contributed by atoms with Crippen LogP contribution in [-0.4, -0.2) is 28.5 Å². The molecule has 0 saturated carbocycles. The minimum Gasteiger partial charge on any atom is -0.490 e. The minimum absolute atomic E-state index is 0.205. The number of carbonyl (C=O) groups excluding carboxylic acids is 1. The lowest BCUT2D eigenvalue weighted by atomic mass is 9.81. The molecular formula is C24H23N3O3. The normalized spacial score (nSPS) is 22.9. The average molecular weight is 401 g/mol. The van der Waals surface area contributed by atoms with Crippen LogP contribution in [-0.2, 0) is 4.79 Å². The largest absolute Gasteiger partial charge is 0.490 e. The third kappa shape index (κ3) is 2.63. The number of anilines is 1. The van der Waals surface area contributed by atoms with Gasteiger partial charge in [0.05, 0.1) is 30.3 Å². The first-order chi connectivity index (χ1) is 14.7. The molecule has 152 valence electrons. The zero-order valence-corrected chi connectivity index (χ0v) is 16.9. The van der Waals surface area contributed by atoms with Crippen LogP contribution in [0.3, 0.4) is 0 Å². The van der Waals surface area contributed by atoms with Crippen LogP contribution in [0, 0.1) is 5.92 Å². The Morgan fingerprint density at radius 2 is 1.90 bits per heavy atom. The fourth-order valence-electron chi connectivity index (χ4n) is 4.88. The zero-order chi connectivity index (χ0) is 20.2. The van der Waals surface area contributed by atoms with Crippen LogP contribution in [0.4, 0.5) is 5.95 Å². The first-order valence-corrected chi connectivity index (χ1v) is 10.6. The second-order valence-corrected chi connectivity index (χ2v) is 8.41. The Hall–Kier alpha value is -3.28. The fraction of sp³-hybridized carbons (Fsp3) is 0.333. The summed E-state index contributed by atoms with van der Waals surface area (Å²) >= 11 is 0. The number of Topliss-reactive ketones (excluding diaryl/α,β-unsaturated/α-hetero) is 1. The summed E-state index contributed by atoms with van der Waals surface area (Å²) in [6.45, 7) is 3.41. The molecule has 1 aliphatic carbocycles. The molecule has 1 aromatic heterocycles. The van der Waals surface area contributed by atoms with Gasteiger partial charge >= 0.3 is 0 Å². The van der Waals surface area contributed by atoms with Crippen LogP contribution in [0.2, 0.25) is 0 Å². The van der Waals surface area contributed by atoms with Gasteiger partial charge in [0, 0.05) is 24.1 Å². The van der Waals surface area contributed by atoms with Gasteiger partial charge in [0.1, 0.15) is 0 Å². The van der Waals surface area contributed by atoms with Crippen molar-refractivity contribution in [3.8, 4) is 11.5 Å². The molecule has 3 heterocycles. The van der Waals surface area contributed by atoms with E-state index in [4.69, 9.17) is 14.5 Å². The smallest absolute Gasteiger partial charge is 0.209 e. The molecule has 2 unspecified atom stereocenters. The summed E-state index contributed by atoms with van der Waals surface area (Å²) in [4.78, 5) is 18.1. The first kappa shape index (κ1) is 17.6. The maximum Gasteiger partial charge on any atom is 0.209 e. The highest BCUT2D eigenvalue weighted by Crippen LogP contribution is 2.45. The molecule has 0 amide bonds. The lowest BCUT2D eigenvalue weighted by molar-refractivity contribution is -0.117. The molecule has 0 saturated heterocycles. The molecule has 0 radical (unpaired) electrons. The summed E-state index contributed by atoms with van der Waals surface area (Å²) in [5.41, 5.74) is 4.78. The Morgan fingerprint density at radius 1 is 1.07 bits per heavy atom. The van der Waals surface area contributed by atoms with Crippen molar-refractivity contribution in [1.29, 1.82) is 0 Å². The van der Waals surface area contributed by atoms with Crippen LogP contribution >= 0.6 is 0 Å². The maximum atomic E-state index is 13.2. The molecule has 30 heavy (non-hydrogen) atoms. The van der Waals surface area contributed by atoms with Crippen LogP contribution in [0.1, 0.15) is 37.8 Å². The van der Waals surface area contributed by atoms with Crippen molar-refractivity contribution < 1.29 is 14.3 Å². The number of allylic oxidation sites excluding steroid dienone is 2. The third-order valence-corrected chi connectivity index (χ3v) is 6.19. The van der Waals surface area contributed by atoms with E-state index in [-0.39, 0.29) is 11.8 Å². The van der Waals surface area contributed by atoms with Crippen LogP contribution in [0.25, 0.3) is 11.0 Å². The van der Waals surface area contributed by atoms with Crippen molar-refractivity contribution >= 4 is 22.8 Å². The number of ether oxygens (including phenoxy) is 2. The zero-order valence-electron chi connectivity index (χ0n) is 16.9. The number of hydrogen-bond donors (Lipinski definition) is 1. The van der Waals surface area contributed by atoms with E-state index in [0.29, 0.717) is 25.6 Å². The van der Waals surface area contributed by atoms with Gasteiger partial charge < -0.3 is 14.8 Å². The second-order valence-electron chi connectivity index (χ2n) is 8.41. The Morgan fingerprint density at radius 3 is 2.80 bits per heavy atom. The Kier molecular flexibility index (Phi) is 3.88. The van der Waals surface area contributed by atoms with E-state index in [1.807, 2.05) is 30.3 Å². The molecule has 2 atom stereocenters. The lowest BCUT2D eigenvalue weighted by Crippen LogP contribution is -2.33. The highest BCUT2D eigenvalue weighted by molar-refractivity contribution is 6.00. The number of ketones is 1. The highest BCUT2D eigenvalue weighted by Gasteiger charge is 2.38. The summed E-state index contributed by atoms with van der Waals surface area (Å²) in [5, 5.41) is 3.48. The van der Waals surface area contributed by atoms with E-state index < -0.39 is 0 Å². The monoisotopic (exact) mass is 401 g/mol. The van der Waals surface area contributed by atoms with E-state index in [9.17, 15) is 4.79 Å². The van der Waals surface area contributed by atoms with Crippen LogP contribution < -0.4 is 14.8 Å². The van der Waals surface area contributed by atoms with Gasteiger partial charge in [0.25, 0.3) is 0 Å². The molecule has 6 heteroatoms. The summed E-state index contributed by atoms with van der Waals surface area (Å²) in [6.07, 6.45) is 2.29. The van der Waals surface area contributed by atoms with Crippen molar-refractivity contribution in [2.75, 3.05) is 18.5 Å². The molecule has 0 bridgehead atoms. The molecule has 3 aliphatic rings. The van der Waals surface area contributed by atoms with E-state index in [1.165, 1.54) is 0 Å². The molecule has 2 aliphatic heterocycles. The standard InChI is InChI=1S/C24H23N3O3/c1-14-11-17-22(19(28)12-14)23(15-7-8-20-21(13-15)30-10-4-9-29-20)27-18-6-3-2-5-16(18)25-24(27)26-17/h2-3,5-8,13-14,23H,4,9-12H2,1H3,(H,25,26). The van der Waals surface area contributed by atoms with Gasteiger partial charge in [-0.3, -0.25) is 9.36 Å². The van der Waals surface area contributed by atoms with Crippen molar-refractivity contribution in [2.24, 2.45) is 5.92 Å². The predicted molar refractivity (Wildman–Crippen MR) is 114 cm³/mol. The molecular weight excluding hydrogens is 378 g/mol. The highest BCUT2D eigenvalue weighted by atomic mass is 16.5. The number of hydrogen-bond acceptors (Lipinski definition) is 5. The first-order valence-electron chi connectivity index (χ1n) is 10.6. The lowest BCUT2D eigenvalue weighted by Gasteiger charge is -2.35. The number of imidazole rings is 1. The Labute approximate surface area is 174 Å². The third-order valence-electron chi connectivity index (χ3n) is 6.19. The fourth-order valence-corrected chi connectivity index (χ4v) is 4.88. The van der Waals surface area contributed by atoms with Gasteiger partial charge in [-0.2, -0.15) is 0 Å². The molecule has 1 N–H and O–H groups in total. The topological polar surface area (TPSA) is 65.4 Å². The van der Waals surface area contributed by atoms with Gasteiger partial charge in [-0.15, -0.1) is 0 Å². The quantitative estimate of drug-likeness (QED) is 0.652. The molecule has 6 rings (SSSR count). The summed E-state index contributed by atoms with van der Waals surface area (Å²) in [6, 6.07) is 13.9. The Bertz CT molecular complexity index is 1210. The van der Waals surface area contributed by atoms with E-state index in [1.54, 1.807) is 0 Å². The molecule has 2 aromatic carbocycles. The molecule has 0 fully saturated rings. The van der Waals surface area contributed by atoms with Crippen LogP contribution in [0.15, 0.2) is 53.7 Å². The van der Waals surface area contributed by atoms with Crippen molar-refractivity contribution in [3.63, 3.8) is 0 Å². The van der Waals surface area contributed by atoms with E-state index >= 15 is 0 Å². The van der Waals surface area contributed by atoms with Crippen molar-refractivity contribution in [3.05, 3.63) is 59.3 Å². The maximum absolute atomic E-state index is 13.2. The van der Waals surface area contributed by atoms with Gasteiger partial charge in [-0.25, -0.2) is 4.98 Å². The van der Waals surface area contributed by atoms with Crippen molar-refractivity contribution in [2.45, 2.75) is 32.2 Å². The van der Waals surface area contributed by atoms with Gasteiger partial charge in [0.15, 0.2) is 17.3 Å². The Balaban J connectivity index is 1.58. The number of nitrogens with one attached hydrogen (secondary N) is 1. The summed E-state index contributed by atoms with van der Waals surface area (Å²) < 4.78 is 13.9. The number of benzene rings is 2. The van der Waals surface area contributed by atoms with Gasteiger partial charge in [0.2, 0.25) is 5.95 Å². The number of fused-ring (bicyclic) bond motifs is 4. The number of nitrogens with zero attached hydrogens (tertiary/aromatic N) is 2. The molecule has 3 aromatic rings. The van der Waals surface area contributed by atoms with E-state index in [0.717, 1.165) is 58.2 Å². The number of aromatic nitrogens is 2. The SMILES string of the molecule is CC1CC(=O)C2=C(C1)Nc1nc3ccccc3n1C2c1ccc2c(c1)OCCCO2. The predicted octanol–water partition coefficient (Wildman–Crippen LogP) is 4.47. The number of carbonyl (C=O) groups is 1. The minimum atomic E-state index is -0.235. The average Bonchev–Trinajstić information content (AvgIpc) is 2.93. The summed E-state index contributed by atoms with van der Waals surface area (Å²) in [7, 11) is 0. The van der Waals surface area contributed by atoms with Gasteiger partial charge in [-0.05, 0) is 42.2 Å². The van der Waals surface area contributed by atoms with Gasteiger partial charge in [-0.1, -0.05) is 25.1 Å². The molecule has 0 spiro atoms. The molecule has 6 nitrogen and oxygen atoms in total. The number of rotatable bonds is 1.